The van der Waals surface area contributed by atoms with Gasteiger partial charge in [0, 0.05) is 30.5 Å². The molecule has 0 bridgehead atoms. The summed E-state index contributed by atoms with van der Waals surface area (Å²) in [6, 6.07) is 5.94. The van der Waals surface area contributed by atoms with E-state index < -0.39 is 0 Å². The van der Waals surface area contributed by atoms with E-state index >= 15 is 0 Å². The van der Waals surface area contributed by atoms with E-state index in [1.165, 1.54) is 6.33 Å². The molecule has 0 atom stereocenters. The second kappa shape index (κ2) is 5.56. The lowest BCUT2D eigenvalue weighted by molar-refractivity contribution is 0.0880. The highest BCUT2D eigenvalue weighted by Gasteiger charge is 2.45. The van der Waals surface area contributed by atoms with Crippen LogP contribution in [0.5, 0.6) is 0 Å². The summed E-state index contributed by atoms with van der Waals surface area (Å²) in [5.74, 6) is 0.805. The Bertz CT molecular complexity index is 781. The summed E-state index contributed by atoms with van der Waals surface area (Å²) in [6.45, 7) is 3.97. The van der Waals surface area contributed by atoms with Crippen LogP contribution in [0.3, 0.4) is 0 Å². The Hall–Kier alpha value is -2.47. The molecule has 24 heavy (non-hydrogen) atoms. The van der Waals surface area contributed by atoms with Gasteiger partial charge in [-0.2, -0.15) is 0 Å². The largest absolute Gasteiger partial charge is 0.342 e. The molecular formula is C18H21N5O. The minimum absolute atomic E-state index is 0.0561. The third kappa shape index (κ3) is 2.43. The fourth-order valence-corrected chi connectivity index (χ4v) is 3.79. The molecule has 1 aromatic heterocycles. The van der Waals surface area contributed by atoms with E-state index in [0.29, 0.717) is 0 Å². The van der Waals surface area contributed by atoms with E-state index in [0.717, 1.165) is 54.1 Å². The molecule has 1 spiro atoms. The number of hydrogen-bond acceptors (Lipinski definition) is 5. The van der Waals surface area contributed by atoms with Crippen LogP contribution < -0.4 is 10.6 Å². The molecule has 0 saturated carbocycles. The summed E-state index contributed by atoms with van der Waals surface area (Å²) < 4.78 is 0. The van der Waals surface area contributed by atoms with E-state index in [2.05, 4.69) is 38.6 Å². The number of likely N-dealkylation sites (tertiary alicyclic amines) is 1. The van der Waals surface area contributed by atoms with Crippen LogP contribution in [-0.2, 0) is 5.54 Å². The number of hydrogen-bond donors (Lipinski definition) is 2. The Balaban J connectivity index is 1.74. The van der Waals surface area contributed by atoms with E-state index in [1.54, 1.807) is 6.20 Å². The molecule has 6 nitrogen and oxygen atoms in total. The highest BCUT2D eigenvalue weighted by molar-refractivity contribution is 6.02. The van der Waals surface area contributed by atoms with E-state index in [4.69, 9.17) is 0 Å². The van der Waals surface area contributed by atoms with Gasteiger partial charge in [0.05, 0.1) is 5.54 Å². The van der Waals surface area contributed by atoms with Crippen LogP contribution in [0, 0.1) is 6.92 Å². The van der Waals surface area contributed by atoms with Crippen molar-refractivity contribution in [2.24, 2.45) is 0 Å². The first kappa shape index (κ1) is 15.1. The maximum absolute atomic E-state index is 12.5. The molecule has 124 valence electrons. The summed E-state index contributed by atoms with van der Waals surface area (Å²) in [6.07, 6.45) is 5.11. The van der Waals surface area contributed by atoms with Crippen molar-refractivity contribution < 1.29 is 4.79 Å². The van der Waals surface area contributed by atoms with Crippen LogP contribution in [0.4, 0.5) is 11.5 Å². The van der Waals surface area contributed by atoms with Gasteiger partial charge in [-0.1, -0.05) is 0 Å². The Morgan fingerprint density at radius 1 is 1.29 bits per heavy atom. The average molecular weight is 323 g/mol. The summed E-state index contributed by atoms with van der Waals surface area (Å²) in [5.41, 5.74) is 3.69. The van der Waals surface area contributed by atoms with Crippen LogP contribution in [0.15, 0.2) is 30.7 Å². The van der Waals surface area contributed by atoms with E-state index in [9.17, 15) is 4.79 Å². The first-order valence-electron chi connectivity index (χ1n) is 8.27. The van der Waals surface area contributed by atoms with Crippen LogP contribution in [-0.4, -0.2) is 40.9 Å². The monoisotopic (exact) mass is 323 g/mol. The molecule has 6 heteroatoms. The van der Waals surface area contributed by atoms with Gasteiger partial charge in [-0.05, 0) is 56.1 Å². The zero-order chi connectivity index (χ0) is 16.7. The molecule has 2 N–H and O–H groups in total. The number of amides is 1. The number of nitrogens with one attached hydrogen (secondary N) is 2. The fraction of sp³-hybridized carbons (Fsp3) is 0.389. The molecule has 0 radical (unpaired) electrons. The standard InChI is InChI=1S/C18H21N5O/c1-12-9-13(21-15-3-6-19-11-20-15)10-14-16(12)17(24)22-18(14)4-7-23(2)8-5-18/h3,6,9-11H,4-5,7-8H2,1-2H3,(H,22,24)(H,19,20,21). The van der Waals surface area contributed by atoms with Crippen molar-refractivity contribution in [2.75, 3.05) is 25.5 Å². The number of aryl methyl sites for hydroxylation is 1. The van der Waals surface area contributed by atoms with Crippen LogP contribution >= 0.6 is 0 Å². The molecule has 2 aliphatic rings. The molecule has 2 aliphatic heterocycles. The fourth-order valence-electron chi connectivity index (χ4n) is 3.79. The Morgan fingerprint density at radius 3 is 2.79 bits per heavy atom. The van der Waals surface area contributed by atoms with E-state index in [1.807, 2.05) is 19.1 Å². The van der Waals surface area contributed by atoms with Crippen molar-refractivity contribution in [2.45, 2.75) is 25.3 Å². The zero-order valence-corrected chi connectivity index (χ0v) is 14.0. The van der Waals surface area contributed by atoms with Crippen LogP contribution in [0.2, 0.25) is 0 Å². The average Bonchev–Trinajstić information content (AvgIpc) is 2.84. The molecule has 2 aromatic rings. The second-order valence-corrected chi connectivity index (χ2v) is 6.77. The number of carbonyl (C=O) groups excluding carboxylic acids is 1. The molecule has 3 heterocycles. The minimum Gasteiger partial charge on any atom is -0.342 e. The summed E-state index contributed by atoms with van der Waals surface area (Å²) >= 11 is 0. The van der Waals surface area contributed by atoms with Gasteiger partial charge < -0.3 is 15.5 Å². The lowest BCUT2D eigenvalue weighted by Gasteiger charge is -2.38. The number of rotatable bonds is 2. The number of benzene rings is 1. The molecular weight excluding hydrogens is 302 g/mol. The van der Waals surface area contributed by atoms with Gasteiger partial charge in [0.25, 0.3) is 5.91 Å². The van der Waals surface area contributed by atoms with Crippen molar-refractivity contribution >= 4 is 17.4 Å². The molecule has 1 aromatic carbocycles. The van der Waals surface area contributed by atoms with Gasteiger partial charge in [-0.15, -0.1) is 0 Å². The summed E-state index contributed by atoms with van der Waals surface area (Å²) in [5, 5.41) is 6.59. The Morgan fingerprint density at radius 2 is 2.08 bits per heavy atom. The first-order valence-corrected chi connectivity index (χ1v) is 8.27. The highest BCUT2D eigenvalue weighted by atomic mass is 16.2. The lowest BCUT2D eigenvalue weighted by atomic mass is 9.81. The SMILES string of the molecule is Cc1cc(Nc2ccncn2)cc2c1C(=O)NC21CCN(C)CC1. The van der Waals surface area contributed by atoms with Gasteiger partial charge in [-0.3, -0.25) is 4.79 Å². The summed E-state index contributed by atoms with van der Waals surface area (Å²) in [7, 11) is 2.13. The predicted octanol–water partition coefficient (Wildman–Crippen LogP) is 2.19. The number of aromatic nitrogens is 2. The van der Waals surface area contributed by atoms with Crippen LogP contribution in [0.1, 0.15) is 34.3 Å². The third-order valence-corrected chi connectivity index (χ3v) is 5.13. The van der Waals surface area contributed by atoms with Gasteiger partial charge in [-0.25, -0.2) is 9.97 Å². The van der Waals surface area contributed by atoms with Crippen molar-refractivity contribution in [3.05, 3.63) is 47.4 Å². The topological polar surface area (TPSA) is 70.1 Å². The lowest BCUT2D eigenvalue weighted by Crippen LogP contribution is -2.48. The number of piperidine rings is 1. The molecule has 1 amide bonds. The maximum atomic E-state index is 12.5. The van der Waals surface area contributed by atoms with Gasteiger partial charge >= 0.3 is 0 Å². The predicted molar refractivity (Wildman–Crippen MR) is 92.4 cm³/mol. The van der Waals surface area contributed by atoms with Gasteiger partial charge in [0.2, 0.25) is 0 Å². The molecule has 0 unspecified atom stereocenters. The molecule has 4 rings (SSSR count). The van der Waals surface area contributed by atoms with Crippen molar-refractivity contribution in [1.29, 1.82) is 0 Å². The molecule has 1 fully saturated rings. The smallest absolute Gasteiger partial charge is 0.252 e. The second-order valence-electron chi connectivity index (χ2n) is 6.77. The van der Waals surface area contributed by atoms with Crippen molar-refractivity contribution in [3.8, 4) is 0 Å². The van der Waals surface area contributed by atoms with Crippen molar-refractivity contribution in [1.82, 2.24) is 20.2 Å². The third-order valence-electron chi connectivity index (χ3n) is 5.13. The number of carbonyl (C=O) groups is 1. The summed E-state index contributed by atoms with van der Waals surface area (Å²) in [4.78, 5) is 23.0. The van der Waals surface area contributed by atoms with E-state index in [-0.39, 0.29) is 11.4 Å². The normalized spacial score (nSPS) is 19.2. The van der Waals surface area contributed by atoms with Crippen LogP contribution in [0.25, 0.3) is 0 Å². The highest BCUT2D eigenvalue weighted by Crippen LogP contribution is 2.42. The number of nitrogens with zero attached hydrogens (tertiary/aromatic N) is 3. The number of anilines is 2. The Labute approximate surface area is 141 Å². The van der Waals surface area contributed by atoms with Crippen molar-refractivity contribution in [3.63, 3.8) is 0 Å². The van der Waals surface area contributed by atoms with Gasteiger partial charge in [0.1, 0.15) is 12.1 Å². The molecule has 0 aliphatic carbocycles. The first-order chi connectivity index (χ1) is 11.6. The quantitative estimate of drug-likeness (QED) is 0.886. The minimum atomic E-state index is -0.229. The number of fused-ring (bicyclic) bond motifs is 2. The van der Waals surface area contributed by atoms with Gasteiger partial charge in [0.15, 0.2) is 0 Å². The Kier molecular flexibility index (Phi) is 3.49. The molecule has 1 saturated heterocycles. The maximum Gasteiger partial charge on any atom is 0.252 e. The zero-order valence-electron chi connectivity index (χ0n) is 14.0.